The highest BCUT2D eigenvalue weighted by atomic mass is 35.5. The Labute approximate surface area is 129 Å². The van der Waals surface area contributed by atoms with Gasteiger partial charge >= 0.3 is 0 Å². The van der Waals surface area contributed by atoms with Gasteiger partial charge in [0.15, 0.2) is 0 Å². The summed E-state index contributed by atoms with van der Waals surface area (Å²) in [6.45, 7) is 6.44. The second-order valence-corrected chi connectivity index (χ2v) is 6.19. The van der Waals surface area contributed by atoms with Crippen molar-refractivity contribution >= 4 is 17.5 Å². The lowest BCUT2D eigenvalue weighted by Gasteiger charge is -2.26. The monoisotopic (exact) mass is 312 g/mol. The number of nitrogens with one attached hydrogen (secondary N) is 1. The summed E-state index contributed by atoms with van der Waals surface area (Å²) >= 11 is 5.96. The van der Waals surface area contributed by atoms with Crippen molar-refractivity contribution in [1.82, 2.24) is 10.3 Å². The summed E-state index contributed by atoms with van der Waals surface area (Å²) in [6.07, 6.45) is 0.230. The molecule has 2 heterocycles. The molecule has 1 aliphatic rings. The van der Waals surface area contributed by atoms with E-state index in [0.717, 1.165) is 5.69 Å². The number of aliphatic hydroxyl groups is 1. The fourth-order valence-corrected chi connectivity index (χ4v) is 2.50. The van der Waals surface area contributed by atoms with E-state index in [0.29, 0.717) is 23.7 Å². The fraction of sp³-hybridized carbons (Fsp3) is 0.600. The number of hydrogen-bond donors (Lipinski definition) is 2. The molecule has 5 nitrogen and oxygen atoms in total. The number of nitrogens with zero attached hydrogens (tertiary/aromatic N) is 1. The van der Waals surface area contributed by atoms with E-state index in [9.17, 15) is 9.90 Å². The zero-order chi connectivity index (χ0) is 15.6. The summed E-state index contributed by atoms with van der Waals surface area (Å²) in [5.74, 6) is -0.0867. The number of hydrogen-bond acceptors (Lipinski definition) is 4. The van der Waals surface area contributed by atoms with Gasteiger partial charge in [-0.1, -0.05) is 25.4 Å². The molecule has 116 valence electrons. The largest absolute Gasteiger partial charge is 0.385 e. The molecule has 0 radical (unpaired) electrons. The fourth-order valence-electron chi connectivity index (χ4n) is 2.28. The Kier molecular flexibility index (Phi) is 4.86. The zero-order valence-electron chi connectivity index (χ0n) is 12.5. The summed E-state index contributed by atoms with van der Waals surface area (Å²) in [7, 11) is 0. The first-order chi connectivity index (χ1) is 9.82. The number of amides is 1. The molecule has 0 spiro atoms. The van der Waals surface area contributed by atoms with E-state index < -0.39 is 5.60 Å². The number of carbonyl (C=O) groups excluding carboxylic acids is 1. The lowest BCUT2D eigenvalue weighted by Crippen LogP contribution is -2.47. The summed E-state index contributed by atoms with van der Waals surface area (Å²) in [5.41, 5.74) is 0.214. The maximum absolute atomic E-state index is 12.2. The van der Waals surface area contributed by atoms with E-state index in [1.165, 1.54) is 6.07 Å². The second kappa shape index (κ2) is 6.30. The van der Waals surface area contributed by atoms with Crippen molar-refractivity contribution in [2.24, 2.45) is 0 Å². The zero-order valence-corrected chi connectivity index (χ0v) is 13.3. The molecular formula is C15H21ClN2O3. The maximum Gasteiger partial charge on any atom is 0.251 e. The van der Waals surface area contributed by atoms with Crippen LogP contribution in [0.25, 0.3) is 0 Å². The smallest absolute Gasteiger partial charge is 0.251 e. The van der Waals surface area contributed by atoms with Crippen LogP contribution in [0.2, 0.25) is 5.15 Å². The van der Waals surface area contributed by atoms with Gasteiger partial charge in [-0.25, -0.2) is 4.98 Å². The first-order valence-electron chi connectivity index (χ1n) is 7.11. The van der Waals surface area contributed by atoms with Crippen molar-refractivity contribution < 1.29 is 14.6 Å². The van der Waals surface area contributed by atoms with E-state index in [1.54, 1.807) is 13.0 Å². The predicted molar refractivity (Wildman–Crippen MR) is 80.7 cm³/mol. The Bertz CT molecular complexity index is 536. The minimum absolute atomic E-state index is 0.157. The molecule has 21 heavy (non-hydrogen) atoms. The molecule has 1 aliphatic heterocycles. The first kappa shape index (κ1) is 16.2. The van der Waals surface area contributed by atoms with Crippen LogP contribution >= 0.6 is 11.6 Å². The lowest BCUT2D eigenvalue weighted by molar-refractivity contribution is -0.0251. The summed E-state index contributed by atoms with van der Waals surface area (Å²) < 4.78 is 5.34. The van der Waals surface area contributed by atoms with Gasteiger partial charge < -0.3 is 15.2 Å². The molecule has 1 amide bonds. The van der Waals surface area contributed by atoms with Crippen LogP contribution in [-0.4, -0.2) is 40.9 Å². The van der Waals surface area contributed by atoms with Crippen molar-refractivity contribution in [3.05, 3.63) is 28.5 Å². The molecule has 2 atom stereocenters. The molecule has 6 heteroatoms. The first-order valence-corrected chi connectivity index (χ1v) is 7.49. The van der Waals surface area contributed by atoms with Gasteiger partial charge in [0.05, 0.1) is 6.10 Å². The third kappa shape index (κ3) is 3.73. The van der Waals surface area contributed by atoms with Crippen molar-refractivity contribution in [3.63, 3.8) is 0 Å². The summed E-state index contributed by atoms with van der Waals surface area (Å²) in [5, 5.41) is 13.4. The number of ether oxygens (including phenoxy) is 1. The van der Waals surface area contributed by atoms with Crippen LogP contribution in [0.5, 0.6) is 0 Å². The summed E-state index contributed by atoms with van der Waals surface area (Å²) in [6, 6.07) is 3.26. The Balaban J connectivity index is 2.07. The van der Waals surface area contributed by atoms with Crippen molar-refractivity contribution in [2.75, 3.05) is 13.2 Å². The molecular weight excluding hydrogens is 292 g/mol. The van der Waals surface area contributed by atoms with Gasteiger partial charge in [-0.2, -0.15) is 0 Å². The molecule has 1 aromatic heterocycles. The molecule has 2 unspecified atom stereocenters. The second-order valence-electron chi connectivity index (χ2n) is 5.81. The van der Waals surface area contributed by atoms with Gasteiger partial charge in [-0.15, -0.1) is 0 Å². The minimum atomic E-state index is -1.01. The molecule has 2 rings (SSSR count). The highest BCUT2D eigenvalue weighted by molar-refractivity contribution is 6.29. The molecule has 1 fully saturated rings. The van der Waals surface area contributed by atoms with E-state index in [4.69, 9.17) is 16.3 Å². The number of halogens is 1. The van der Waals surface area contributed by atoms with Crippen LogP contribution in [0.3, 0.4) is 0 Å². The Morgan fingerprint density at radius 2 is 2.33 bits per heavy atom. The van der Waals surface area contributed by atoms with Crippen molar-refractivity contribution in [2.45, 2.75) is 44.8 Å². The maximum atomic E-state index is 12.2. The van der Waals surface area contributed by atoms with Gasteiger partial charge in [0, 0.05) is 30.8 Å². The normalized spacial score (nSPS) is 25.3. The molecule has 0 aromatic carbocycles. The predicted octanol–water partition coefficient (Wildman–Crippen LogP) is 2.13. The number of carbonyl (C=O) groups is 1. The van der Waals surface area contributed by atoms with Crippen LogP contribution in [0.15, 0.2) is 12.1 Å². The quantitative estimate of drug-likeness (QED) is 0.836. The molecule has 2 N–H and O–H groups in total. The summed E-state index contributed by atoms with van der Waals surface area (Å²) in [4.78, 5) is 16.4. The van der Waals surface area contributed by atoms with E-state index in [1.807, 2.05) is 13.8 Å². The molecule has 1 saturated heterocycles. The topological polar surface area (TPSA) is 71.5 Å². The number of rotatable bonds is 4. The lowest BCUT2D eigenvalue weighted by atomic mass is 9.96. The van der Waals surface area contributed by atoms with Gasteiger partial charge in [0.2, 0.25) is 0 Å². The molecule has 0 saturated carbocycles. The molecule has 0 bridgehead atoms. The number of pyridine rings is 1. The van der Waals surface area contributed by atoms with Gasteiger partial charge in [-0.3, -0.25) is 4.79 Å². The average Bonchev–Trinajstić information content (AvgIpc) is 2.75. The van der Waals surface area contributed by atoms with Crippen molar-refractivity contribution in [1.29, 1.82) is 0 Å². The van der Waals surface area contributed by atoms with E-state index >= 15 is 0 Å². The third-order valence-corrected chi connectivity index (χ3v) is 4.08. The third-order valence-electron chi connectivity index (χ3n) is 3.88. The van der Waals surface area contributed by atoms with Crippen LogP contribution < -0.4 is 5.32 Å². The van der Waals surface area contributed by atoms with Crippen LogP contribution in [0.1, 0.15) is 49.2 Å². The standard InChI is InChI=1S/C15H21ClN2O3/c1-9(2)12-6-11(7-13(16)18-12)14(19)17-8-15(20)4-5-21-10(15)3/h6-7,9-10,20H,4-5,8H2,1-3H3,(H,17,19). The number of aromatic nitrogens is 1. The Hall–Kier alpha value is -1.17. The molecule has 1 aromatic rings. The average molecular weight is 313 g/mol. The van der Waals surface area contributed by atoms with Crippen LogP contribution in [-0.2, 0) is 4.74 Å². The van der Waals surface area contributed by atoms with Crippen LogP contribution in [0, 0.1) is 0 Å². The Morgan fingerprint density at radius 1 is 1.62 bits per heavy atom. The molecule has 0 aliphatic carbocycles. The van der Waals surface area contributed by atoms with Crippen molar-refractivity contribution in [3.8, 4) is 0 Å². The highest BCUT2D eigenvalue weighted by Crippen LogP contribution is 2.25. The Morgan fingerprint density at radius 3 is 2.90 bits per heavy atom. The van der Waals surface area contributed by atoms with E-state index in [2.05, 4.69) is 10.3 Å². The van der Waals surface area contributed by atoms with Crippen LogP contribution in [0.4, 0.5) is 0 Å². The SMILES string of the molecule is CC(C)c1cc(C(=O)NCC2(O)CCOC2C)cc(Cl)n1. The van der Waals surface area contributed by atoms with Gasteiger partial charge in [-0.05, 0) is 25.0 Å². The van der Waals surface area contributed by atoms with Gasteiger partial charge in [0.1, 0.15) is 10.8 Å². The minimum Gasteiger partial charge on any atom is -0.385 e. The highest BCUT2D eigenvalue weighted by Gasteiger charge is 2.39. The van der Waals surface area contributed by atoms with E-state index in [-0.39, 0.29) is 24.5 Å². The van der Waals surface area contributed by atoms with Gasteiger partial charge in [0.25, 0.3) is 5.91 Å².